The number of aromatic nitrogens is 1. The lowest BCUT2D eigenvalue weighted by Gasteiger charge is -2.11. The van der Waals surface area contributed by atoms with Gasteiger partial charge in [-0.25, -0.2) is 0 Å². The van der Waals surface area contributed by atoms with Crippen LogP contribution in [0.3, 0.4) is 0 Å². The summed E-state index contributed by atoms with van der Waals surface area (Å²) in [5.74, 6) is 1.50. The second-order valence-electron chi connectivity index (χ2n) is 5.21. The van der Waals surface area contributed by atoms with Gasteiger partial charge in [0.15, 0.2) is 5.76 Å². The summed E-state index contributed by atoms with van der Waals surface area (Å²) < 4.78 is 16.5. The average Bonchev–Trinajstić information content (AvgIpc) is 3.15. The fourth-order valence-corrected chi connectivity index (χ4v) is 2.45. The van der Waals surface area contributed by atoms with Gasteiger partial charge in [-0.1, -0.05) is 5.16 Å². The summed E-state index contributed by atoms with van der Waals surface area (Å²) in [7, 11) is 0. The molecule has 5 heteroatoms. The highest BCUT2D eigenvalue weighted by Crippen LogP contribution is 2.27. The highest BCUT2D eigenvalue weighted by Gasteiger charge is 2.16. The normalized spacial score (nSPS) is 18.1. The molecule has 0 spiro atoms. The Balaban J connectivity index is 1.66. The van der Waals surface area contributed by atoms with Crippen molar-refractivity contribution < 1.29 is 19.1 Å². The van der Waals surface area contributed by atoms with E-state index in [0.717, 1.165) is 36.3 Å². The van der Waals surface area contributed by atoms with Gasteiger partial charge in [0, 0.05) is 17.7 Å². The van der Waals surface area contributed by atoms with Gasteiger partial charge < -0.3 is 19.1 Å². The van der Waals surface area contributed by atoms with Crippen molar-refractivity contribution in [3.63, 3.8) is 0 Å². The molecule has 1 saturated heterocycles. The largest absolute Gasteiger partial charge is 0.491 e. The first-order valence-electron chi connectivity index (χ1n) is 7.19. The topological polar surface area (TPSA) is 64.7 Å². The van der Waals surface area contributed by atoms with Crippen LogP contribution in [0.4, 0.5) is 0 Å². The Morgan fingerprint density at radius 1 is 1.33 bits per heavy atom. The van der Waals surface area contributed by atoms with Crippen molar-refractivity contribution in [2.45, 2.75) is 32.5 Å². The van der Waals surface area contributed by atoms with Crippen LogP contribution >= 0.6 is 0 Å². The molecule has 0 amide bonds. The molecule has 0 aliphatic carbocycles. The van der Waals surface area contributed by atoms with E-state index in [2.05, 4.69) is 5.16 Å². The minimum Gasteiger partial charge on any atom is -0.491 e. The number of benzene rings is 1. The molecule has 0 saturated carbocycles. The zero-order valence-electron chi connectivity index (χ0n) is 12.0. The quantitative estimate of drug-likeness (QED) is 0.916. The van der Waals surface area contributed by atoms with E-state index in [1.165, 1.54) is 0 Å². The molecule has 1 aliphatic rings. The molecular formula is C16H19NO4. The summed E-state index contributed by atoms with van der Waals surface area (Å²) in [5.41, 5.74) is 2.36. The van der Waals surface area contributed by atoms with Crippen molar-refractivity contribution in [3.05, 3.63) is 35.5 Å². The third-order valence-corrected chi connectivity index (χ3v) is 3.75. The number of hydrogen-bond acceptors (Lipinski definition) is 5. The fourth-order valence-electron chi connectivity index (χ4n) is 2.45. The van der Waals surface area contributed by atoms with Crippen LogP contribution in [-0.2, 0) is 11.3 Å². The molecule has 1 atom stereocenters. The highest BCUT2D eigenvalue weighted by molar-refractivity contribution is 5.62. The lowest BCUT2D eigenvalue weighted by molar-refractivity contribution is 0.0679. The van der Waals surface area contributed by atoms with E-state index >= 15 is 0 Å². The number of aliphatic hydroxyl groups excluding tert-OH is 1. The van der Waals surface area contributed by atoms with Gasteiger partial charge in [0.2, 0.25) is 0 Å². The third-order valence-electron chi connectivity index (χ3n) is 3.75. The number of ether oxygens (including phenoxy) is 2. The molecule has 0 bridgehead atoms. The van der Waals surface area contributed by atoms with Crippen molar-refractivity contribution in [3.8, 4) is 17.1 Å². The minimum absolute atomic E-state index is 0.113. The van der Waals surface area contributed by atoms with Crippen LogP contribution in [-0.4, -0.2) is 29.6 Å². The predicted molar refractivity (Wildman–Crippen MR) is 77.1 cm³/mol. The highest BCUT2D eigenvalue weighted by atomic mass is 16.5. The van der Waals surface area contributed by atoms with Gasteiger partial charge >= 0.3 is 0 Å². The lowest BCUT2D eigenvalue weighted by Crippen LogP contribution is -2.16. The second kappa shape index (κ2) is 6.28. The summed E-state index contributed by atoms with van der Waals surface area (Å²) >= 11 is 0. The van der Waals surface area contributed by atoms with Gasteiger partial charge in [0.1, 0.15) is 18.1 Å². The Hall–Kier alpha value is -1.85. The average molecular weight is 289 g/mol. The van der Waals surface area contributed by atoms with Crippen molar-refractivity contribution in [1.29, 1.82) is 0 Å². The van der Waals surface area contributed by atoms with Gasteiger partial charge in [-0.05, 0) is 44.0 Å². The fraction of sp³-hybridized carbons (Fsp3) is 0.438. The van der Waals surface area contributed by atoms with Crippen LogP contribution in [0.5, 0.6) is 5.75 Å². The first-order chi connectivity index (χ1) is 10.3. The van der Waals surface area contributed by atoms with E-state index in [0.29, 0.717) is 18.1 Å². The zero-order valence-corrected chi connectivity index (χ0v) is 12.0. The first-order valence-corrected chi connectivity index (χ1v) is 7.19. The Morgan fingerprint density at radius 2 is 2.14 bits per heavy atom. The monoisotopic (exact) mass is 289 g/mol. The minimum atomic E-state index is -0.113. The molecule has 1 aromatic heterocycles. The Bertz CT molecular complexity index is 585. The molecule has 2 aromatic rings. The van der Waals surface area contributed by atoms with Crippen molar-refractivity contribution >= 4 is 0 Å². The van der Waals surface area contributed by atoms with E-state index < -0.39 is 0 Å². The molecule has 1 aromatic carbocycles. The smallest absolute Gasteiger partial charge is 0.170 e. The van der Waals surface area contributed by atoms with Crippen LogP contribution in [0, 0.1) is 6.92 Å². The van der Waals surface area contributed by atoms with Crippen molar-refractivity contribution in [2.24, 2.45) is 0 Å². The summed E-state index contributed by atoms with van der Waals surface area (Å²) in [4.78, 5) is 0. The maximum absolute atomic E-state index is 9.14. The van der Waals surface area contributed by atoms with E-state index in [-0.39, 0.29) is 12.7 Å². The van der Waals surface area contributed by atoms with E-state index in [4.69, 9.17) is 19.1 Å². The first kappa shape index (κ1) is 14.1. The second-order valence-corrected chi connectivity index (χ2v) is 5.21. The molecule has 0 radical (unpaired) electrons. The number of rotatable bonds is 5. The maximum atomic E-state index is 9.14. The zero-order chi connectivity index (χ0) is 14.7. The summed E-state index contributed by atoms with van der Waals surface area (Å²) in [5, 5.41) is 13.0. The molecular weight excluding hydrogens is 270 g/mol. The van der Waals surface area contributed by atoms with Crippen LogP contribution in [0.1, 0.15) is 24.1 Å². The predicted octanol–water partition coefficient (Wildman–Crippen LogP) is 2.70. The molecule has 2 heterocycles. The number of nitrogens with zero attached hydrogens (tertiary/aromatic N) is 1. The van der Waals surface area contributed by atoms with Crippen molar-refractivity contribution in [2.75, 3.05) is 13.2 Å². The van der Waals surface area contributed by atoms with Gasteiger partial charge in [-0.3, -0.25) is 0 Å². The Labute approximate surface area is 123 Å². The molecule has 1 N–H and O–H groups in total. The van der Waals surface area contributed by atoms with Crippen molar-refractivity contribution in [1.82, 2.24) is 5.16 Å². The molecule has 3 rings (SSSR count). The van der Waals surface area contributed by atoms with Crippen LogP contribution in [0.15, 0.2) is 28.8 Å². The number of aliphatic hydroxyl groups is 1. The number of hydrogen-bond donors (Lipinski definition) is 1. The molecule has 1 aliphatic heterocycles. The summed E-state index contributed by atoms with van der Waals surface area (Å²) in [6.45, 7) is 3.21. The van der Waals surface area contributed by atoms with Gasteiger partial charge in [0.05, 0.1) is 12.7 Å². The van der Waals surface area contributed by atoms with E-state index in [1.807, 2.05) is 31.2 Å². The molecule has 1 fully saturated rings. The summed E-state index contributed by atoms with van der Waals surface area (Å²) in [6.07, 6.45) is 2.40. The third kappa shape index (κ3) is 3.09. The van der Waals surface area contributed by atoms with Crippen LogP contribution in [0.2, 0.25) is 0 Å². The SMILES string of the molecule is Cc1c(CO)noc1-c1ccc(OCC2CCCO2)cc1. The molecule has 21 heavy (non-hydrogen) atoms. The van der Waals surface area contributed by atoms with Gasteiger partial charge in [0.25, 0.3) is 0 Å². The maximum Gasteiger partial charge on any atom is 0.170 e. The van der Waals surface area contributed by atoms with Crippen LogP contribution in [0.25, 0.3) is 11.3 Å². The molecule has 5 nitrogen and oxygen atoms in total. The van der Waals surface area contributed by atoms with Gasteiger partial charge in [-0.2, -0.15) is 0 Å². The molecule has 112 valence electrons. The van der Waals surface area contributed by atoms with E-state index in [1.54, 1.807) is 0 Å². The standard InChI is InChI=1S/C16H19NO4/c1-11-15(9-18)17-21-16(11)12-4-6-13(7-5-12)20-10-14-3-2-8-19-14/h4-7,14,18H,2-3,8-10H2,1H3. The Morgan fingerprint density at radius 3 is 2.76 bits per heavy atom. The summed E-state index contributed by atoms with van der Waals surface area (Å²) in [6, 6.07) is 7.68. The molecule has 1 unspecified atom stereocenters. The van der Waals surface area contributed by atoms with Gasteiger partial charge in [-0.15, -0.1) is 0 Å². The van der Waals surface area contributed by atoms with E-state index in [9.17, 15) is 0 Å². The Kier molecular flexibility index (Phi) is 4.22. The van der Waals surface area contributed by atoms with Crippen LogP contribution < -0.4 is 4.74 Å². The lowest BCUT2D eigenvalue weighted by atomic mass is 10.1.